The second-order valence-corrected chi connectivity index (χ2v) is 7.86. The average Bonchev–Trinajstić information content (AvgIpc) is 3.18. The van der Waals surface area contributed by atoms with Crippen molar-refractivity contribution in [3.05, 3.63) is 16.1 Å². The first-order valence-electron chi connectivity index (χ1n) is 8.96. The molecule has 0 spiro atoms. The molecule has 0 saturated heterocycles. The molecule has 0 aromatic carbocycles. The zero-order chi connectivity index (χ0) is 17.9. The summed E-state index contributed by atoms with van der Waals surface area (Å²) in [7, 11) is 1.72. The second-order valence-electron chi connectivity index (χ2n) is 6.92. The molecule has 148 valence electrons. The van der Waals surface area contributed by atoms with Crippen molar-refractivity contribution in [1.82, 2.24) is 15.6 Å². The van der Waals surface area contributed by atoms with E-state index < -0.39 is 11.9 Å². The van der Waals surface area contributed by atoms with E-state index in [-0.39, 0.29) is 24.0 Å². The molecule has 3 rings (SSSR count). The number of aliphatic imine (C=N–C) groups is 1. The van der Waals surface area contributed by atoms with Crippen molar-refractivity contribution in [3.63, 3.8) is 0 Å². The smallest absolute Gasteiger partial charge is 0.356 e. The molecule has 4 nitrogen and oxygen atoms in total. The van der Waals surface area contributed by atoms with Gasteiger partial charge in [-0.3, -0.25) is 4.99 Å². The minimum absolute atomic E-state index is 0. The highest BCUT2D eigenvalue weighted by molar-refractivity contribution is 14.0. The first kappa shape index (κ1) is 21.7. The van der Waals surface area contributed by atoms with Crippen LogP contribution in [-0.2, 0) is 12.6 Å². The van der Waals surface area contributed by atoms with Gasteiger partial charge in [-0.05, 0) is 18.3 Å². The van der Waals surface area contributed by atoms with Crippen LogP contribution in [0.25, 0.3) is 0 Å². The number of alkyl halides is 3. The molecule has 0 amide bonds. The molecule has 1 aromatic rings. The number of aromatic nitrogens is 1. The molecule has 2 atom stereocenters. The van der Waals surface area contributed by atoms with E-state index in [0.717, 1.165) is 34.5 Å². The lowest BCUT2D eigenvalue weighted by atomic mass is 9.85. The van der Waals surface area contributed by atoms with Crippen molar-refractivity contribution in [2.75, 3.05) is 13.6 Å². The highest BCUT2D eigenvalue weighted by atomic mass is 127. The van der Waals surface area contributed by atoms with Crippen LogP contribution in [0.5, 0.6) is 0 Å². The van der Waals surface area contributed by atoms with Gasteiger partial charge in [0.05, 0.1) is 5.01 Å². The summed E-state index contributed by atoms with van der Waals surface area (Å²) in [5.74, 6) is 2.34. The Morgan fingerprint density at radius 2 is 2.04 bits per heavy atom. The van der Waals surface area contributed by atoms with Crippen molar-refractivity contribution >= 4 is 41.3 Å². The number of nitrogens with zero attached hydrogens (tertiary/aromatic N) is 2. The lowest BCUT2D eigenvalue weighted by Gasteiger charge is -2.22. The Kier molecular flexibility index (Phi) is 7.99. The van der Waals surface area contributed by atoms with Crippen molar-refractivity contribution in [3.8, 4) is 0 Å². The molecule has 2 saturated carbocycles. The van der Waals surface area contributed by atoms with Gasteiger partial charge in [0, 0.05) is 31.4 Å². The first-order valence-corrected chi connectivity index (χ1v) is 9.84. The minimum Gasteiger partial charge on any atom is -0.356 e. The molecule has 0 radical (unpaired) electrons. The van der Waals surface area contributed by atoms with Gasteiger partial charge in [0.2, 0.25) is 0 Å². The summed E-state index contributed by atoms with van der Waals surface area (Å²) in [6, 6.07) is 0.492. The number of hydrogen-bond acceptors (Lipinski definition) is 3. The van der Waals surface area contributed by atoms with E-state index in [2.05, 4.69) is 20.6 Å². The van der Waals surface area contributed by atoms with E-state index in [1.165, 1.54) is 38.5 Å². The van der Waals surface area contributed by atoms with Gasteiger partial charge in [0.1, 0.15) is 0 Å². The van der Waals surface area contributed by atoms with Crippen LogP contribution in [-0.4, -0.2) is 30.6 Å². The first-order chi connectivity index (χ1) is 12.0. The van der Waals surface area contributed by atoms with Crippen LogP contribution in [0.4, 0.5) is 13.2 Å². The Balaban J connectivity index is 0.00000243. The van der Waals surface area contributed by atoms with Crippen LogP contribution in [0, 0.1) is 11.8 Å². The van der Waals surface area contributed by atoms with Crippen LogP contribution in [0.2, 0.25) is 0 Å². The fourth-order valence-electron chi connectivity index (χ4n) is 3.68. The predicted octanol–water partition coefficient (Wildman–Crippen LogP) is 4.46. The highest BCUT2D eigenvalue weighted by Gasteiger charge is 2.43. The topological polar surface area (TPSA) is 49.3 Å². The highest BCUT2D eigenvalue weighted by Crippen LogP contribution is 2.44. The summed E-state index contributed by atoms with van der Waals surface area (Å²) in [5.41, 5.74) is -0.802. The van der Waals surface area contributed by atoms with Crippen molar-refractivity contribution in [1.29, 1.82) is 0 Å². The molecular formula is C17H26F3IN4S. The molecule has 2 unspecified atom stereocenters. The maximum Gasteiger partial charge on any atom is 0.434 e. The van der Waals surface area contributed by atoms with E-state index in [1.54, 1.807) is 7.05 Å². The fourth-order valence-corrected chi connectivity index (χ4v) is 4.48. The molecule has 0 bridgehead atoms. The Morgan fingerprint density at radius 1 is 1.31 bits per heavy atom. The van der Waals surface area contributed by atoms with Gasteiger partial charge in [0.25, 0.3) is 0 Å². The van der Waals surface area contributed by atoms with E-state index in [0.29, 0.717) is 24.0 Å². The number of guanidine groups is 1. The molecule has 2 N–H and O–H groups in total. The molecule has 2 fully saturated rings. The normalized spacial score (nSPS) is 24.1. The van der Waals surface area contributed by atoms with Crippen molar-refractivity contribution in [2.24, 2.45) is 16.8 Å². The number of thiazole rings is 1. The molecule has 1 heterocycles. The Hall–Kier alpha value is -0.580. The van der Waals surface area contributed by atoms with Crippen LogP contribution in [0.15, 0.2) is 10.4 Å². The second kappa shape index (κ2) is 9.57. The van der Waals surface area contributed by atoms with Crippen LogP contribution in [0.3, 0.4) is 0 Å². The summed E-state index contributed by atoms with van der Waals surface area (Å²) in [6.07, 6.45) is 4.08. The maximum atomic E-state index is 12.5. The lowest BCUT2D eigenvalue weighted by molar-refractivity contribution is -0.140. The predicted molar refractivity (Wildman–Crippen MR) is 109 cm³/mol. The molecular weight excluding hydrogens is 476 g/mol. The average molecular weight is 502 g/mol. The van der Waals surface area contributed by atoms with E-state index in [4.69, 9.17) is 0 Å². The summed E-state index contributed by atoms with van der Waals surface area (Å²) in [4.78, 5) is 7.86. The summed E-state index contributed by atoms with van der Waals surface area (Å²) < 4.78 is 37.6. The quantitative estimate of drug-likeness (QED) is 0.355. The van der Waals surface area contributed by atoms with E-state index in [1.807, 2.05) is 0 Å². The molecule has 9 heteroatoms. The number of halogens is 4. The van der Waals surface area contributed by atoms with E-state index in [9.17, 15) is 13.2 Å². The fraction of sp³-hybridized carbons (Fsp3) is 0.765. The van der Waals surface area contributed by atoms with Crippen molar-refractivity contribution < 1.29 is 13.2 Å². The van der Waals surface area contributed by atoms with Gasteiger partial charge < -0.3 is 10.6 Å². The zero-order valence-electron chi connectivity index (χ0n) is 14.8. The van der Waals surface area contributed by atoms with Gasteiger partial charge in [0.15, 0.2) is 11.7 Å². The molecule has 26 heavy (non-hydrogen) atoms. The Bertz CT molecular complexity index is 599. The minimum atomic E-state index is -4.36. The SMILES string of the molecule is CN=C(NCCc1nc(C(F)(F)F)cs1)NC1CC1C1CCCCC1.I. The zero-order valence-corrected chi connectivity index (χ0v) is 18.0. The van der Waals surface area contributed by atoms with Crippen LogP contribution in [0.1, 0.15) is 49.2 Å². The largest absolute Gasteiger partial charge is 0.434 e. The summed E-state index contributed by atoms with van der Waals surface area (Å²) in [6.45, 7) is 0.519. The summed E-state index contributed by atoms with van der Waals surface area (Å²) >= 11 is 1.05. The third-order valence-electron chi connectivity index (χ3n) is 5.11. The molecule has 2 aliphatic carbocycles. The van der Waals surface area contributed by atoms with Crippen LogP contribution < -0.4 is 10.6 Å². The van der Waals surface area contributed by atoms with Gasteiger partial charge in [-0.2, -0.15) is 13.2 Å². The number of rotatable bonds is 5. The van der Waals surface area contributed by atoms with E-state index >= 15 is 0 Å². The maximum absolute atomic E-state index is 12.5. The van der Waals surface area contributed by atoms with Crippen molar-refractivity contribution in [2.45, 2.75) is 57.2 Å². The third-order valence-corrected chi connectivity index (χ3v) is 6.02. The monoisotopic (exact) mass is 502 g/mol. The van der Waals surface area contributed by atoms with Gasteiger partial charge >= 0.3 is 6.18 Å². The molecule has 0 aliphatic heterocycles. The molecule has 2 aliphatic rings. The Morgan fingerprint density at radius 3 is 2.65 bits per heavy atom. The van der Waals surface area contributed by atoms with Gasteiger partial charge in [-0.1, -0.05) is 32.1 Å². The third kappa shape index (κ3) is 5.97. The Labute approximate surface area is 173 Å². The summed E-state index contributed by atoms with van der Waals surface area (Å²) in [5, 5.41) is 8.19. The van der Waals surface area contributed by atoms with Gasteiger partial charge in [-0.25, -0.2) is 4.98 Å². The molecule has 1 aromatic heterocycles. The van der Waals surface area contributed by atoms with Crippen LogP contribution >= 0.6 is 35.3 Å². The number of nitrogens with one attached hydrogen (secondary N) is 2. The lowest BCUT2D eigenvalue weighted by Crippen LogP contribution is -2.40. The standard InChI is InChI=1S/C17H25F3N4S.HI/c1-21-16(23-13-9-12(13)11-5-3-2-4-6-11)22-8-7-15-24-14(10-25-15)17(18,19)20;/h10-13H,2-9H2,1H3,(H2,21,22,23);1H. The number of hydrogen-bond donors (Lipinski definition) is 2. The van der Waals surface area contributed by atoms with Gasteiger partial charge in [-0.15, -0.1) is 35.3 Å².